The summed E-state index contributed by atoms with van der Waals surface area (Å²) in [6.07, 6.45) is 0. The molecule has 0 aliphatic carbocycles. The van der Waals surface area contributed by atoms with E-state index in [9.17, 15) is 0 Å². The van der Waals surface area contributed by atoms with Crippen molar-refractivity contribution in [2.75, 3.05) is 5.73 Å². The van der Waals surface area contributed by atoms with E-state index in [1.165, 1.54) is 0 Å². The van der Waals surface area contributed by atoms with Gasteiger partial charge in [-0.1, -0.05) is 24.3 Å². The minimum absolute atomic E-state index is 0.206. The highest BCUT2D eigenvalue weighted by molar-refractivity contribution is 5.94. The van der Waals surface area contributed by atoms with Crippen LogP contribution in [0.1, 0.15) is 0 Å². The Balaban J connectivity index is 2.47. The van der Waals surface area contributed by atoms with Gasteiger partial charge in [0.2, 0.25) is 5.95 Å². The number of hydrogen-bond donors (Lipinski definition) is 1. The summed E-state index contributed by atoms with van der Waals surface area (Å²) in [6.45, 7) is 0. The summed E-state index contributed by atoms with van der Waals surface area (Å²) in [5, 5.41) is 9.98. The number of nitrogen functional groups attached to an aromatic ring is 1. The highest BCUT2D eigenvalue weighted by atomic mass is 15.2. The second-order valence-corrected chi connectivity index (χ2v) is 3.36. The predicted molar refractivity (Wildman–Crippen MR) is 59.3 cm³/mol. The highest BCUT2D eigenvalue weighted by Crippen LogP contribution is 2.19. The molecule has 0 atom stereocenters. The van der Waals surface area contributed by atoms with Crippen LogP contribution in [0.15, 0.2) is 36.4 Å². The van der Waals surface area contributed by atoms with Gasteiger partial charge in [-0.3, -0.25) is 0 Å². The average Bonchev–Trinajstić information content (AvgIpc) is 2.26. The van der Waals surface area contributed by atoms with Crippen molar-refractivity contribution in [3.05, 3.63) is 36.4 Å². The molecule has 3 aromatic rings. The summed E-state index contributed by atoms with van der Waals surface area (Å²) in [4.78, 5) is 4.13. The lowest BCUT2D eigenvalue weighted by molar-refractivity contribution is 1.04. The molecule has 2 N–H and O–H groups in total. The molecule has 0 aliphatic rings. The van der Waals surface area contributed by atoms with Crippen LogP contribution < -0.4 is 5.73 Å². The van der Waals surface area contributed by atoms with E-state index in [0.29, 0.717) is 0 Å². The van der Waals surface area contributed by atoms with Gasteiger partial charge in [0.15, 0.2) is 0 Å². The molecular formula is C11H8N4. The molecule has 0 bridgehead atoms. The van der Waals surface area contributed by atoms with Gasteiger partial charge in [-0.05, 0) is 22.9 Å². The van der Waals surface area contributed by atoms with Crippen molar-refractivity contribution in [2.24, 2.45) is 0 Å². The van der Waals surface area contributed by atoms with Gasteiger partial charge in [-0.15, -0.1) is 10.2 Å². The summed E-state index contributed by atoms with van der Waals surface area (Å²) in [5.41, 5.74) is 7.03. The fraction of sp³-hybridized carbons (Fsp3) is 0. The lowest BCUT2D eigenvalue weighted by Gasteiger charge is -2.00. The van der Waals surface area contributed by atoms with Crippen LogP contribution in [0.4, 0.5) is 5.95 Å². The average molecular weight is 196 g/mol. The fourth-order valence-electron chi connectivity index (χ4n) is 1.64. The minimum Gasteiger partial charge on any atom is -0.366 e. The zero-order valence-electron chi connectivity index (χ0n) is 7.88. The quantitative estimate of drug-likeness (QED) is 0.556. The number of nitrogens with zero attached hydrogens (tertiary/aromatic N) is 3. The Kier molecular flexibility index (Phi) is 1.56. The van der Waals surface area contributed by atoms with Gasteiger partial charge in [0.25, 0.3) is 0 Å². The van der Waals surface area contributed by atoms with Crippen LogP contribution in [-0.4, -0.2) is 15.2 Å². The Morgan fingerprint density at radius 3 is 2.27 bits per heavy atom. The first-order chi connectivity index (χ1) is 7.33. The Bertz CT molecular complexity index is 648. The molecule has 0 saturated heterocycles. The van der Waals surface area contributed by atoms with Gasteiger partial charge >= 0.3 is 0 Å². The van der Waals surface area contributed by atoms with Gasteiger partial charge < -0.3 is 5.73 Å². The van der Waals surface area contributed by atoms with E-state index < -0.39 is 0 Å². The number of nitrogens with two attached hydrogens (primary N) is 1. The van der Waals surface area contributed by atoms with Crippen LogP contribution in [0.2, 0.25) is 0 Å². The first kappa shape index (κ1) is 8.11. The molecule has 0 radical (unpaired) electrons. The molecule has 3 rings (SSSR count). The van der Waals surface area contributed by atoms with Gasteiger partial charge in [0.1, 0.15) is 5.52 Å². The second-order valence-electron chi connectivity index (χ2n) is 3.36. The minimum atomic E-state index is 0.206. The second kappa shape index (κ2) is 2.88. The molecule has 4 nitrogen and oxygen atoms in total. The van der Waals surface area contributed by atoms with E-state index in [1.807, 2.05) is 36.4 Å². The van der Waals surface area contributed by atoms with E-state index >= 15 is 0 Å². The molecule has 0 unspecified atom stereocenters. The number of anilines is 1. The van der Waals surface area contributed by atoms with E-state index in [1.54, 1.807) is 0 Å². The van der Waals surface area contributed by atoms with Crippen molar-refractivity contribution in [3.8, 4) is 0 Å². The standard InChI is InChI=1S/C11H8N4/c12-11-13-9-5-7-3-1-2-4-8(7)6-10(9)14-15-11/h1-6H,(H2,12,13,15). The molecular weight excluding hydrogens is 188 g/mol. The first-order valence-corrected chi connectivity index (χ1v) is 4.62. The normalized spacial score (nSPS) is 10.9. The molecule has 72 valence electrons. The Morgan fingerprint density at radius 1 is 0.867 bits per heavy atom. The number of fused-ring (bicyclic) bond motifs is 2. The summed E-state index contributed by atoms with van der Waals surface area (Å²) in [7, 11) is 0. The van der Waals surface area contributed by atoms with Crippen molar-refractivity contribution in [2.45, 2.75) is 0 Å². The zero-order valence-corrected chi connectivity index (χ0v) is 7.88. The van der Waals surface area contributed by atoms with Crippen molar-refractivity contribution >= 4 is 27.8 Å². The van der Waals surface area contributed by atoms with Crippen LogP contribution in [-0.2, 0) is 0 Å². The van der Waals surface area contributed by atoms with E-state index in [2.05, 4.69) is 15.2 Å². The molecule has 0 fully saturated rings. The molecule has 0 spiro atoms. The number of rotatable bonds is 0. The lowest BCUT2D eigenvalue weighted by atomic mass is 10.1. The maximum absolute atomic E-state index is 5.48. The third kappa shape index (κ3) is 1.27. The zero-order chi connectivity index (χ0) is 10.3. The topological polar surface area (TPSA) is 64.7 Å². The van der Waals surface area contributed by atoms with E-state index in [4.69, 9.17) is 5.73 Å². The molecule has 0 amide bonds. The van der Waals surface area contributed by atoms with Gasteiger partial charge in [-0.25, -0.2) is 4.98 Å². The summed E-state index contributed by atoms with van der Waals surface area (Å²) in [5.74, 6) is 0.206. The predicted octanol–water partition coefficient (Wildman–Crippen LogP) is 1.76. The Morgan fingerprint density at radius 2 is 1.53 bits per heavy atom. The molecule has 1 aromatic heterocycles. The Labute approximate surface area is 85.8 Å². The highest BCUT2D eigenvalue weighted by Gasteiger charge is 2.00. The monoisotopic (exact) mass is 196 g/mol. The third-order valence-electron chi connectivity index (χ3n) is 2.34. The molecule has 0 aliphatic heterocycles. The smallest absolute Gasteiger partial charge is 0.240 e. The number of hydrogen-bond acceptors (Lipinski definition) is 4. The van der Waals surface area contributed by atoms with Crippen LogP contribution in [0.25, 0.3) is 21.8 Å². The largest absolute Gasteiger partial charge is 0.366 e. The third-order valence-corrected chi connectivity index (χ3v) is 2.34. The maximum Gasteiger partial charge on any atom is 0.240 e. The summed E-state index contributed by atoms with van der Waals surface area (Å²) < 4.78 is 0. The first-order valence-electron chi connectivity index (χ1n) is 4.62. The van der Waals surface area contributed by atoms with Crippen molar-refractivity contribution < 1.29 is 0 Å². The maximum atomic E-state index is 5.48. The lowest BCUT2D eigenvalue weighted by Crippen LogP contribution is -1.97. The SMILES string of the molecule is Nc1nnc2cc3ccccc3cc2n1. The van der Waals surface area contributed by atoms with Crippen LogP contribution in [0.3, 0.4) is 0 Å². The van der Waals surface area contributed by atoms with Crippen LogP contribution in [0.5, 0.6) is 0 Å². The van der Waals surface area contributed by atoms with Crippen molar-refractivity contribution in [1.29, 1.82) is 0 Å². The van der Waals surface area contributed by atoms with Gasteiger partial charge in [0.05, 0.1) is 5.52 Å². The van der Waals surface area contributed by atoms with Crippen molar-refractivity contribution in [1.82, 2.24) is 15.2 Å². The molecule has 0 saturated carbocycles. The van der Waals surface area contributed by atoms with Crippen LogP contribution in [0, 0.1) is 0 Å². The molecule has 1 heterocycles. The molecule has 4 heteroatoms. The summed E-state index contributed by atoms with van der Waals surface area (Å²) >= 11 is 0. The van der Waals surface area contributed by atoms with Gasteiger partial charge in [-0.2, -0.15) is 0 Å². The molecule has 2 aromatic carbocycles. The summed E-state index contributed by atoms with van der Waals surface area (Å²) in [6, 6.07) is 12.0. The fourth-order valence-corrected chi connectivity index (χ4v) is 1.64. The van der Waals surface area contributed by atoms with Crippen LogP contribution >= 0.6 is 0 Å². The molecule has 15 heavy (non-hydrogen) atoms. The van der Waals surface area contributed by atoms with E-state index in [-0.39, 0.29) is 5.95 Å². The van der Waals surface area contributed by atoms with E-state index in [0.717, 1.165) is 21.8 Å². The van der Waals surface area contributed by atoms with Gasteiger partial charge in [0, 0.05) is 0 Å². The number of aromatic nitrogens is 3. The van der Waals surface area contributed by atoms with Crippen molar-refractivity contribution in [3.63, 3.8) is 0 Å². The number of benzene rings is 2. The Hall–Kier alpha value is -2.23.